The molecule has 0 aromatic heterocycles. The summed E-state index contributed by atoms with van der Waals surface area (Å²) in [6.45, 7) is 3.69. The minimum absolute atomic E-state index is 0.153. The number of hydrogen-bond acceptors (Lipinski definition) is 3. The number of carboxylic acid groups (broad SMARTS) is 1. The van der Waals surface area contributed by atoms with Gasteiger partial charge >= 0.3 is 5.97 Å². The van der Waals surface area contributed by atoms with Gasteiger partial charge < -0.3 is 5.11 Å². The van der Waals surface area contributed by atoms with E-state index in [-0.39, 0.29) is 6.54 Å². The molecule has 0 heterocycles. The molecule has 0 amide bonds. The standard InChI is InChI=1S/C12H15F2NO4S/c1-4-15(12(2,3)11(16)17)20(18,19)10-6-8(13)5-9(14)7-10/h5-7H,4H2,1-3H3,(H,16,17). The summed E-state index contributed by atoms with van der Waals surface area (Å²) in [6, 6.07) is 1.84. The van der Waals surface area contributed by atoms with Crippen LogP contribution in [0.3, 0.4) is 0 Å². The Morgan fingerprint density at radius 1 is 1.25 bits per heavy atom. The molecule has 0 aliphatic carbocycles. The van der Waals surface area contributed by atoms with Gasteiger partial charge in [0.2, 0.25) is 10.0 Å². The van der Waals surface area contributed by atoms with Crippen LogP contribution in [0.25, 0.3) is 0 Å². The van der Waals surface area contributed by atoms with E-state index in [0.29, 0.717) is 22.5 Å². The lowest BCUT2D eigenvalue weighted by Crippen LogP contribution is -2.52. The van der Waals surface area contributed by atoms with Crippen LogP contribution in [0.1, 0.15) is 20.8 Å². The molecule has 0 unspecified atom stereocenters. The monoisotopic (exact) mass is 307 g/mol. The van der Waals surface area contributed by atoms with Crippen molar-refractivity contribution >= 4 is 16.0 Å². The highest BCUT2D eigenvalue weighted by atomic mass is 32.2. The number of rotatable bonds is 5. The molecule has 0 radical (unpaired) electrons. The molecular formula is C12H15F2NO4S. The van der Waals surface area contributed by atoms with Crippen molar-refractivity contribution in [1.29, 1.82) is 0 Å². The van der Waals surface area contributed by atoms with E-state index in [1.54, 1.807) is 0 Å². The molecule has 0 bridgehead atoms. The number of benzene rings is 1. The molecule has 5 nitrogen and oxygen atoms in total. The highest BCUT2D eigenvalue weighted by Crippen LogP contribution is 2.25. The fraction of sp³-hybridized carbons (Fsp3) is 0.417. The minimum atomic E-state index is -4.33. The van der Waals surface area contributed by atoms with E-state index in [2.05, 4.69) is 0 Å². The molecule has 0 spiro atoms. The number of aliphatic carboxylic acids is 1. The summed E-state index contributed by atoms with van der Waals surface area (Å²) in [5.41, 5.74) is -1.74. The van der Waals surface area contributed by atoms with E-state index in [1.165, 1.54) is 20.8 Å². The van der Waals surface area contributed by atoms with Crippen LogP contribution in [0.15, 0.2) is 23.1 Å². The third kappa shape index (κ3) is 2.96. The van der Waals surface area contributed by atoms with Crippen molar-refractivity contribution < 1.29 is 27.1 Å². The van der Waals surface area contributed by atoms with Crippen LogP contribution in [-0.2, 0) is 14.8 Å². The second kappa shape index (κ2) is 5.45. The van der Waals surface area contributed by atoms with Crippen molar-refractivity contribution in [3.63, 3.8) is 0 Å². The normalized spacial score (nSPS) is 12.7. The first-order valence-corrected chi connectivity index (χ1v) is 7.19. The van der Waals surface area contributed by atoms with Crippen molar-refractivity contribution in [2.45, 2.75) is 31.2 Å². The number of halogens is 2. The Bertz CT molecular complexity index is 608. The maximum Gasteiger partial charge on any atom is 0.324 e. The Morgan fingerprint density at radius 2 is 1.70 bits per heavy atom. The van der Waals surface area contributed by atoms with Gasteiger partial charge in [0.15, 0.2) is 0 Å². The first-order chi connectivity index (χ1) is 9.03. The van der Waals surface area contributed by atoms with Gasteiger partial charge in [0.25, 0.3) is 0 Å². The Balaban J connectivity index is 3.43. The van der Waals surface area contributed by atoms with E-state index in [0.717, 1.165) is 0 Å². The van der Waals surface area contributed by atoms with E-state index in [4.69, 9.17) is 5.11 Å². The quantitative estimate of drug-likeness (QED) is 0.900. The predicted molar refractivity (Wildman–Crippen MR) is 67.6 cm³/mol. The summed E-state index contributed by atoms with van der Waals surface area (Å²) in [7, 11) is -4.33. The summed E-state index contributed by atoms with van der Waals surface area (Å²) in [6.07, 6.45) is 0. The third-order valence-corrected chi connectivity index (χ3v) is 4.98. The van der Waals surface area contributed by atoms with Crippen LogP contribution < -0.4 is 0 Å². The minimum Gasteiger partial charge on any atom is -0.480 e. The average Bonchev–Trinajstić information content (AvgIpc) is 2.27. The number of carboxylic acids is 1. The van der Waals surface area contributed by atoms with Gasteiger partial charge in [-0.25, -0.2) is 17.2 Å². The maximum atomic E-state index is 13.1. The molecule has 1 aromatic carbocycles. The van der Waals surface area contributed by atoms with Gasteiger partial charge in [-0.05, 0) is 26.0 Å². The van der Waals surface area contributed by atoms with Crippen LogP contribution in [0.5, 0.6) is 0 Å². The van der Waals surface area contributed by atoms with E-state index in [9.17, 15) is 22.0 Å². The van der Waals surface area contributed by atoms with Crippen LogP contribution in [0, 0.1) is 11.6 Å². The molecule has 1 rings (SSSR count). The number of carbonyl (C=O) groups is 1. The number of likely N-dealkylation sites (N-methyl/N-ethyl adjacent to an activating group) is 1. The smallest absolute Gasteiger partial charge is 0.324 e. The van der Waals surface area contributed by atoms with Gasteiger partial charge in [-0.2, -0.15) is 4.31 Å². The molecule has 112 valence electrons. The van der Waals surface area contributed by atoms with Gasteiger partial charge in [-0.15, -0.1) is 0 Å². The Morgan fingerprint density at radius 3 is 2.05 bits per heavy atom. The van der Waals surface area contributed by atoms with Crippen molar-refractivity contribution in [1.82, 2.24) is 4.31 Å². The molecule has 0 saturated carbocycles. The lowest BCUT2D eigenvalue weighted by atomic mass is 10.1. The summed E-state index contributed by atoms with van der Waals surface area (Å²) in [4.78, 5) is 10.6. The van der Waals surface area contributed by atoms with Crippen LogP contribution in [-0.4, -0.2) is 35.9 Å². The molecule has 1 aromatic rings. The summed E-state index contributed by atoms with van der Waals surface area (Å²) >= 11 is 0. The molecule has 0 atom stereocenters. The lowest BCUT2D eigenvalue weighted by molar-refractivity contribution is -0.146. The highest BCUT2D eigenvalue weighted by Gasteiger charge is 2.42. The molecule has 0 aliphatic rings. The van der Waals surface area contributed by atoms with Crippen molar-refractivity contribution in [3.8, 4) is 0 Å². The molecule has 0 aliphatic heterocycles. The zero-order chi connectivity index (χ0) is 15.7. The zero-order valence-electron chi connectivity index (χ0n) is 11.2. The summed E-state index contributed by atoms with van der Waals surface area (Å²) in [5, 5.41) is 9.11. The summed E-state index contributed by atoms with van der Waals surface area (Å²) < 4.78 is 51.7. The van der Waals surface area contributed by atoms with Crippen LogP contribution in [0.4, 0.5) is 8.78 Å². The van der Waals surface area contributed by atoms with E-state index in [1.807, 2.05) is 0 Å². The second-order valence-electron chi connectivity index (χ2n) is 4.64. The fourth-order valence-electron chi connectivity index (χ4n) is 1.78. The fourth-order valence-corrected chi connectivity index (χ4v) is 3.57. The Hall–Kier alpha value is -1.54. The average molecular weight is 307 g/mol. The number of nitrogens with zero attached hydrogens (tertiary/aromatic N) is 1. The third-order valence-electron chi connectivity index (χ3n) is 2.86. The summed E-state index contributed by atoms with van der Waals surface area (Å²) in [5.74, 6) is -3.46. The van der Waals surface area contributed by atoms with Gasteiger partial charge in [-0.1, -0.05) is 6.92 Å². The maximum absolute atomic E-state index is 13.1. The van der Waals surface area contributed by atoms with E-state index < -0.39 is 38.1 Å². The van der Waals surface area contributed by atoms with Crippen LogP contribution >= 0.6 is 0 Å². The molecule has 20 heavy (non-hydrogen) atoms. The number of sulfonamides is 1. The second-order valence-corrected chi connectivity index (χ2v) is 6.50. The van der Waals surface area contributed by atoms with Gasteiger partial charge in [0.1, 0.15) is 17.2 Å². The molecule has 0 saturated heterocycles. The first kappa shape index (κ1) is 16.5. The Kier molecular flexibility index (Phi) is 4.50. The van der Waals surface area contributed by atoms with Gasteiger partial charge in [0, 0.05) is 12.6 Å². The van der Waals surface area contributed by atoms with Gasteiger partial charge in [0.05, 0.1) is 4.90 Å². The topological polar surface area (TPSA) is 74.7 Å². The van der Waals surface area contributed by atoms with Gasteiger partial charge in [-0.3, -0.25) is 4.79 Å². The highest BCUT2D eigenvalue weighted by molar-refractivity contribution is 7.89. The SMILES string of the molecule is CCN(C(C)(C)C(=O)O)S(=O)(=O)c1cc(F)cc(F)c1. The molecular weight excluding hydrogens is 292 g/mol. The van der Waals surface area contributed by atoms with Crippen molar-refractivity contribution in [2.24, 2.45) is 0 Å². The number of hydrogen-bond donors (Lipinski definition) is 1. The predicted octanol–water partition coefficient (Wildman–Crippen LogP) is 1.84. The molecule has 1 N–H and O–H groups in total. The molecule has 0 fully saturated rings. The van der Waals surface area contributed by atoms with Crippen molar-refractivity contribution in [2.75, 3.05) is 6.54 Å². The largest absolute Gasteiger partial charge is 0.480 e. The van der Waals surface area contributed by atoms with Crippen molar-refractivity contribution in [3.05, 3.63) is 29.8 Å². The Labute approximate surface area is 115 Å². The lowest BCUT2D eigenvalue weighted by Gasteiger charge is -2.33. The van der Waals surface area contributed by atoms with Crippen LogP contribution in [0.2, 0.25) is 0 Å². The first-order valence-electron chi connectivity index (χ1n) is 5.75. The van der Waals surface area contributed by atoms with E-state index >= 15 is 0 Å². The zero-order valence-corrected chi connectivity index (χ0v) is 12.0. The molecule has 8 heteroatoms.